The largest absolute Gasteiger partial charge is 0.501 e. The van der Waals surface area contributed by atoms with Crippen LogP contribution in [-0.2, 0) is 4.74 Å². The molecule has 0 aliphatic heterocycles. The average molecular weight is 200 g/mol. The summed E-state index contributed by atoms with van der Waals surface area (Å²) in [6.45, 7) is 0. The zero-order chi connectivity index (χ0) is 10.5. The van der Waals surface area contributed by atoms with Gasteiger partial charge in [-0.1, -0.05) is 36.5 Å². The van der Waals surface area contributed by atoms with Crippen molar-refractivity contribution in [3.63, 3.8) is 0 Å². The normalized spacial score (nSPS) is 25.8. The van der Waals surface area contributed by atoms with Crippen molar-refractivity contribution < 1.29 is 4.74 Å². The first-order valence-electron chi connectivity index (χ1n) is 5.36. The molecule has 0 unspecified atom stereocenters. The number of allylic oxidation sites excluding steroid dienone is 9. The molecule has 0 saturated carbocycles. The predicted molar refractivity (Wildman–Crippen MR) is 63.4 cm³/mol. The zero-order valence-electron chi connectivity index (χ0n) is 9.07. The van der Waals surface area contributed by atoms with Crippen molar-refractivity contribution in [2.45, 2.75) is 19.3 Å². The van der Waals surface area contributed by atoms with Gasteiger partial charge in [-0.05, 0) is 30.1 Å². The van der Waals surface area contributed by atoms with Crippen molar-refractivity contribution in [2.24, 2.45) is 0 Å². The molecule has 0 fully saturated rings. The topological polar surface area (TPSA) is 9.23 Å². The van der Waals surface area contributed by atoms with Gasteiger partial charge < -0.3 is 4.74 Å². The smallest absolute Gasteiger partial charge is 0.0962 e. The number of fused-ring (bicyclic) bond motifs is 1. The summed E-state index contributed by atoms with van der Waals surface area (Å²) in [6, 6.07) is 0. The molecule has 0 bridgehead atoms. The van der Waals surface area contributed by atoms with Crippen molar-refractivity contribution in [1.82, 2.24) is 0 Å². The highest BCUT2D eigenvalue weighted by molar-refractivity contribution is 5.46. The summed E-state index contributed by atoms with van der Waals surface area (Å²) in [5.74, 6) is 1.07. The molecule has 0 saturated heterocycles. The van der Waals surface area contributed by atoms with Gasteiger partial charge in [-0.15, -0.1) is 0 Å². The maximum Gasteiger partial charge on any atom is 0.0962 e. The first-order chi connectivity index (χ1) is 7.40. The molecule has 2 aliphatic carbocycles. The Kier molecular flexibility index (Phi) is 3.23. The molecule has 0 aromatic heterocycles. The van der Waals surface area contributed by atoms with Crippen molar-refractivity contribution in [2.75, 3.05) is 7.11 Å². The Morgan fingerprint density at radius 2 is 2.00 bits per heavy atom. The summed E-state index contributed by atoms with van der Waals surface area (Å²) in [5, 5.41) is 0. The van der Waals surface area contributed by atoms with Gasteiger partial charge in [0.2, 0.25) is 0 Å². The van der Waals surface area contributed by atoms with Crippen LogP contribution in [0, 0.1) is 0 Å². The second-order valence-corrected chi connectivity index (χ2v) is 3.70. The van der Waals surface area contributed by atoms with E-state index in [1.165, 1.54) is 11.1 Å². The second kappa shape index (κ2) is 4.83. The van der Waals surface area contributed by atoms with Gasteiger partial charge in [-0.3, -0.25) is 0 Å². The molecule has 0 amide bonds. The van der Waals surface area contributed by atoms with Gasteiger partial charge in [0.05, 0.1) is 12.9 Å². The van der Waals surface area contributed by atoms with Gasteiger partial charge in [0, 0.05) is 6.42 Å². The lowest BCUT2D eigenvalue weighted by Crippen LogP contribution is -1.95. The minimum absolute atomic E-state index is 0.911. The molecule has 0 spiro atoms. The molecule has 1 heteroatoms. The Bertz CT molecular complexity index is 378. The molecule has 0 N–H and O–H groups in total. The van der Waals surface area contributed by atoms with Crippen molar-refractivity contribution in [3.05, 3.63) is 59.4 Å². The van der Waals surface area contributed by atoms with Gasteiger partial charge in [0.25, 0.3) is 0 Å². The van der Waals surface area contributed by atoms with E-state index in [2.05, 4.69) is 42.5 Å². The second-order valence-electron chi connectivity index (χ2n) is 3.70. The van der Waals surface area contributed by atoms with E-state index >= 15 is 0 Å². The number of hydrogen-bond donors (Lipinski definition) is 0. The van der Waals surface area contributed by atoms with Crippen LogP contribution < -0.4 is 0 Å². The number of ether oxygens (including phenoxy) is 1. The fraction of sp³-hybridized carbons (Fsp3) is 0.286. The van der Waals surface area contributed by atoms with E-state index in [0.29, 0.717) is 0 Å². The van der Waals surface area contributed by atoms with Gasteiger partial charge in [-0.25, -0.2) is 0 Å². The van der Waals surface area contributed by atoms with E-state index < -0.39 is 0 Å². The standard InChI is InChI=1S/C14H16O/c1-15-14-10-6-5-8-12-7-3-2-4-9-13(12)11-14/h2-3,5,7-10H,4,6,11H2,1H3/b8-5-,14-10+. The molecule has 1 nitrogen and oxygen atoms in total. The molecule has 0 heterocycles. The molecule has 15 heavy (non-hydrogen) atoms. The summed E-state index contributed by atoms with van der Waals surface area (Å²) >= 11 is 0. The van der Waals surface area contributed by atoms with Gasteiger partial charge in [0.15, 0.2) is 0 Å². The molecule has 2 aliphatic rings. The maximum absolute atomic E-state index is 5.36. The third-order valence-electron chi connectivity index (χ3n) is 2.69. The van der Waals surface area contributed by atoms with Crippen LogP contribution in [0.4, 0.5) is 0 Å². The van der Waals surface area contributed by atoms with E-state index in [-0.39, 0.29) is 0 Å². The van der Waals surface area contributed by atoms with Crippen LogP contribution >= 0.6 is 0 Å². The molecule has 78 valence electrons. The Morgan fingerprint density at radius 3 is 2.87 bits per heavy atom. The lowest BCUT2D eigenvalue weighted by Gasteiger charge is -2.13. The van der Waals surface area contributed by atoms with E-state index in [1.807, 2.05) is 0 Å². The van der Waals surface area contributed by atoms with Crippen molar-refractivity contribution in [3.8, 4) is 0 Å². The van der Waals surface area contributed by atoms with Crippen molar-refractivity contribution in [1.29, 1.82) is 0 Å². The third kappa shape index (κ3) is 2.50. The summed E-state index contributed by atoms with van der Waals surface area (Å²) < 4.78 is 5.36. The fourth-order valence-electron chi connectivity index (χ4n) is 1.83. The molecule has 0 aromatic carbocycles. The van der Waals surface area contributed by atoms with E-state index in [1.54, 1.807) is 7.11 Å². The van der Waals surface area contributed by atoms with Crippen molar-refractivity contribution >= 4 is 0 Å². The Labute approximate surface area is 91.1 Å². The van der Waals surface area contributed by atoms with E-state index in [4.69, 9.17) is 4.74 Å². The lowest BCUT2D eigenvalue weighted by molar-refractivity contribution is 0.282. The van der Waals surface area contributed by atoms with Gasteiger partial charge in [-0.2, -0.15) is 0 Å². The third-order valence-corrected chi connectivity index (χ3v) is 2.69. The van der Waals surface area contributed by atoms with Gasteiger partial charge >= 0.3 is 0 Å². The van der Waals surface area contributed by atoms with Crippen LogP contribution in [0.1, 0.15) is 19.3 Å². The van der Waals surface area contributed by atoms with Gasteiger partial charge in [0.1, 0.15) is 0 Å². The Balaban J connectivity index is 2.30. The quantitative estimate of drug-likeness (QED) is 0.627. The highest BCUT2D eigenvalue weighted by atomic mass is 16.5. The summed E-state index contributed by atoms with van der Waals surface area (Å²) in [7, 11) is 1.75. The fourth-order valence-corrected chi connectivity index (χ4v) is 1.83. The van der Waals surface area contributed by atoms with Crippen LogP contribution in [0.3, 0.4) is 0 Å². The monoisotopic (exact) mass is 200 g/mol. The summed E-state index contributed by atoms with van der Waals surface area (Å²) in [5.41, 5.74) is 2.68. The molecular formula is C14H16O. The predicted octanol–water partition coefficient (Wildman–Crippen LogP) is 3.68. The zero-order valence-corrected chi connectivity index (χ0v) is 9.07. The first-order valence-corrected chi connectivity index (χ1v) is 5.36. The number of methoxy groups -OCH3 is 1. The van der Waals surface area contributed by atoms with E-state index in [0.717, 1.165) is 25.0 Å². The maximum atomic E-state index is 5.36. The minimum Gasteiger partial charge on any atom is -0.501 e. The van der Waals surface area contributed by atoms with E-state index in [9.17, 15) is 0 Å². The lowest BCUT2D eigenvalue weighted by atomic mass is 9.98. The molecular weight excluding hydrogens is 184 g/mol. The average Bonchev–Trinajstić information content (AvgIpc) is 2.43. The Hall–Kier alpha value is -1.50. The molecule has 2 rings (SSSR count). The van der Waals surface area contributed by atoms with Crippen LogP contribution in [0.5, 0.6) is 0 Å². The molecule has 0 radical (unpaired) electrons. The highest BCUT2D eigenvalue weighted by Crippen LogP contribution is 2.25. The minimum atomic E-state index is 0.911. The highest BCUT2D eigenvalue weighted by Gasteiger charge is 2.08. The first kappa shape index (κ1) is 10.0. The number of hydrogen-bond acceptors (Lipinski definition) is 1. The van der Waals surface area contributed by atoms with Crippen LogP contribution in [0.15, 0.2) is 59.4 Å². The summed E-state index contributed by atoms with van der Waals surface area (Å²) in [4.78, 5) is 0. The molecule has 0 atom stereocenters. The van der Waals surface area contributed by atoms with Crippen LogP contribution in [-0.4, -0.2) is 7.11 Å². The van der Waals surface area contributed by atoms with Crippen LogP contribution in [0.25, 0.3) is 0 Å². The van der Waals surface area contributed by atoms with Crippen LogP contribution in [0.2, 0.25) is 0 Å². The SMILES string of the molecule is CO/C1=C/C/C=C\C2=CC=CCC=C2C1. The summed E-state index contributed by atoms with van der Waals surface area (Å²) in [6.07, 6.45) is 18.2. The number of rotatable bonds is 1. The molecule has 0 aromatic rings. The Morgan fingerprint density at radius 1 is 1.13 bits per heavy atom.